The van der Waals surface area contributed by atoms with Gasteiger partial charge >= 0.3 is 6.36 Å². The van der Waals surface area contributed by atoms with Crippen molar-refractivity contribution < 1.29 is 26.7 Å². The second-order valence-corrected chi connectivity index (χ2v) is 3.69. The number of alkyl halides is 5. The van der Waals surface area contributed by atoms with Gasteiger partial charge in [0.25, 0.3) is 6.43 Å². The molecular weight excluding hydrogens is 362 g/mol. The van der Waals surface area contributed by atoms with E-state index in [4.69, 9.17) is 5.26 Å². The molecule has 0 aliphatic carbocycles. The first-order valence-electron chi connectivity index (χ1n) is 3.88. The van der Waals surface area contributed by atoms with Gasteiger partial charge in [-0.05, 0) is 22.6 Å². The van der Waals surface area contributed by atoms with Crippen LogP contribution in [0.1, 0.15) is 17.6 Å². The molecule has 0 aliphatic rings. The zero-order valence-electron chi connectivity index (χ0n) is 7.73. The molecule has 0 saturated carbocycles. The lowest BCUT2D eigenvalue weighted by molar-refractivity contribution is -0.275. The fourth-order valence-electron chi connectivity index (χ4n) is 0.973. The summed E-state index contributed by atoms with van der Waals surface area (Å²) in [6.45, 7) is 0. The second kappa shape index (κ2) is 4.99. The van der Waals surface area contributed by atoms with Gasteiger partial charge < -0.3 is 4.74 Å². The summed E-state index contributed by atoms with van der Waals surface area (Å²) in [4.78, 5) is 3.32. The van der Waals surface area contributed by atoms with Gasteiger partial charge in [-0.1, -0.05) is 0 Å². The number of pyridine rings is 1. The van der Waals surface area contributed by atoms with Gasteiger partial charge in [-0.3, -0.25) is 0 Å². The van der Waals surface area contributed by atoms with Crippen molar-refractivity contribution >= 4 is 22.6 Å². The Kier molecular flexibility index (Phi) is 4.07. The Bertz CT molecular complexity index is 468. The maximum absolute atomic E-state index is 12.4. The summed E-state index contributed by atoms with van der Waals surface area (Å²) in [7, 11) is 0. The summed E-state index contributed by atoms with van der Waals surface area (Å²) in [6, 6.07) is 1.26. The summed E-state index contributed by atoms with van der Waals surface area (Å²) in [5.74, 6) is -1.00. The van der Waals surface area contributed by atoms with E-state index < -0.39 is 29.7 Å². The Morgan fingerprint density at radius 2 is 2.00 bits per heavy atom. The monoisotopic (exact) mass is 364 g/mol. The highest BCUT2D eigenvalue weighted by Gasteiger charge is 2.35. The van der Waals surface area contributed by atoms with E-state index in [-0.39, 0.29) is 3.70 Å². The highest BCUT2D eigenvalue weighted by Crippen LogP contribution is 2.34. The quantitative estimate of drug-likeness (QED) is 0.459. The molecule has 0 radical (unpaired) electrons. The third-order valence-electron chi connectivity index (χ3n) is 1.58. The Hall–Kier alpha value is -1.18. The van der Waals surface area contributed by atoms with Gasteiger partial charge in [0.05, 0.1) is 5.56 Å². The first kappa shape index (κ1) is 13.9. The molecule has 17 heavy (non-hydrogen) atoms. The molecule has 0 N–H and O–H groups in total. The minimum Gasteiger partial charge on any atom is -0.402 e. The topological polar surface area (TPSA) is 45.9 Å². The van der Waals surface area contributed by atoms with E-state index in [1.807, 2.05) is 0 Å². The Labute approximate surface area is 105 Å². The number of nitriles is 1. The number of ether oxygens (including phenoxy) is 1. The average Bonchev–Trinajstić information content (AvgIpc) is 2.18. The van der Waals surface area contributed by atoms with Crippen LogP contribution in [0.5, 0.6) is 5.75 Å². The SMILES string of the molecule is N#Cc1c(C(F)F)cnc(I)c1OC(F)(F)F. The molecule has 3 nitrogen and oxygen atoms in total. The van der Waals surface area contributed by atoms with E-state index in [1.54, 1.807) is 0 Å². The maximum atomic E-state index is 12.4. The smallest absolute Gasteiger partial charge is 0.402 e. The molecule has 0 spiro atoms. The van der Waals surface area contributed by atoms with Crippen LogP contribution < -0.4 is 4.74 Å². The Morgan fingerprint density at radius 1 is 1.41 bits per heavy atom. The first-order chi connectivity index (χ1) is 7.76. The molecule has 0 aliphatic heterocycles. The molecular formula is C8H2F5IN2O. The molecule has 1 aromatic rings. The molecule has 92 valence electrons. The molecule has 0 amide bonds. The standard InChI is InChI=1S/C8H2F5IN2O/c9-6(10)4-2-16-7(14)5(3(4)1-15)17-8(11,12)13/h2,6H. The summed E-state index contributed by atoms with van der Waals surface area (Å²) < 4.78 is 64.1. The zero-order valence-corrected chi connectivity index (χ0v) is 9.88. The molecule has 1 aromatic heterocycles. The van der Waals surface area contributed by atoms with Gasteiger partial charge in [0.2, 0.25) is 0 Å². The van der Waals surface area contributed by atoms with Crippen molar-refractivity contribution in [1.82, 2.24) is 4.98 Å². The van der Waals surface area contributed by atoms with E-state index in [9.17, 15) is 22.0 Å². The van der Waals surface area contributed by atoms with E-state index in [0.717, 1.165) is 0 Å². The average molecular weight is 364 g/mol. The van der Waals surface area contributed by atoms with E-state index in [1.165, 1.54) is 28.7 Å². The molecule has 0 fully saturated rings. The predicted octanol–water partition coefficient (Wildman–Crippen LogP) is 3.39. The van der Waals surface area contributed by atoms with Crippen molar-refractivity contribution in [3.63, 3.8) is 0 Å². The van der Waals surface area contributed by atoms with Crippen molar-refractivity contribution in [2.75, 3.05) is 0 Å². The number of hydrogen-bond donors (Lipinski definition) is 0. The lowest BCUT2D eigenvalue weighted by Gasteiger charge is -2.13. The lowest BCUT2D eigenvalue weighted by atomic mass is 10.1. The highest BCUT2D eigenvalue weighted by atomic mass is 127. The summed E-state index contributed by atoms with van der Waals surface area (Å²) in [5, 5.41) is 8.61. The summed E-state index contributed by atoms with van der Waals surface area (Å²) in [5.41, 5.74) is -1.76. The molecule has 0 saturated heterocycles. The fourth-order valence-corrected chi connectivity index (χ4v) is 1.49. The molecule has 0 bridgehead atoms. The Morgan fingerprint density at radius 3 is 2.41 bits per heavy atom. The van der Waals surface area contributed by atoms with Gasteiger partial charge in [-0.25, -0.2) is 13.8 Å². The zero-order chi connectivity index (χ0) is 13.2. The van der Waals surface area contributed by atoms with E-state index >= 15 is 0 Å². The number of halogens is 6. The fraction of sp³-hybridized carbons (Fsp3) is 0.250. The van der Waals surface area contributed by atoms with Gasteiger partial charge in [-0.15, -0.1) is 13.2 Å². The van der Waals surface area contributed by atoms with Gasteiger partial charge in [0.15, 0.2) is 5.75 Å². The third kappa shape index (κ3) is 3.39. The van der Waals surface area contributed by atoms with Crippen molar-refractivity contribution in [3.05, 3.63) is 21.0 Å². The summed E-state index contributed by atoms with van der Waals surface area (Å²) in [6.07, 6.45) is -7.54. The van der Waals surface area contributed by atoms with Crippen LogP contribution >= 0.6 is 22.6 Å². The number of hydrogen-bond acceptors (Lipinski definition) is 3. The molecule has 9 heteroatoms. The molecule has 0 unspecified atom stereocenters. The highest BCUT2D eigenvalue weighted by molar-refractivity contribution is 14.1. The van der Waals surface area contributed by atoms with Crippen LogP contribution in [0.3, 0.4) is 0 Å². The number of nitrogens with zero attached hydrogens (tertiary/aromatic N) is 2. The van der Waals surface area contributed by atoms with Crippen LogP contribution in [0.25, 0.3) is 0 Å². The third-order valence-corrected chi connectivity index (χ3v) is 2.35. The van der Waals surface area contributed by atoms with Crippen molar-refractivity contribution in [3.8, 4) is 11.8 Å². The second-order valence-electron chi connectivity index (χ2n) is 2.67. The Balaban J connectivity index is 3.37. The normalized spacial score (nSPS) is 11.4. The predicted molar refractivity (Wildman–Crippen MR) is 53.3 cm³/mol. The minimum atomic E-state index is -5.08. The largest absolute Gasteiger partial charge is 0.573 e. The molecule has 1 heterocycles. The van der Waals surface area contributed by atoms with Crippen molar-refractivity contribution in [2.45, 2.75) is 12.8 Å². The number of aromatic nitrogens is 1. The van der Waals surface area contributed by atoms with Crippen LogP contribution in [0.4, 0.5) is 22.0 Å². The van der Waals surface area contributed by atoms with Gasteiger partial charge in [0, 0.05) is 6.20 Å². The number of rotatable bonds is 2. The molecule has 1 rings (SSSR count). The van der Waals surface area contributed by atoms with Crippen molar-refractivity contribution in [2.24, 2.45) is 0 Å². The summed E-state index contributed by atoms with van der Waals surface area (Å²) >= 11 is 1.36. The van der Waals surface area contributed by atoms with Crippen LogP contribution in [0.15, 0.2) is 6.20 Å². The van der Waals surface area contributed by atoms with Crippen LogP contribution in [-0.2, 0) is 0 Å². The minimum absolute atomic E-state index is 0.319. The van der Waals surface area contributed by atoms with E-state index in [0.29, 0.717) is 6.20 Å². The molecule has 0 atom stereocenters. The lowest BCUT2D eigenvalue weighted by Crippen LogP contribution is -2.19. The van der Waals surface area contributed by atoms with Gasteiger partial charge in [-0.2, -0.15) is 5.26 Å². The van der Waals surface area contributed by atoms with Crippen LogP contribution in [0, 0.1) is 15.0 Å². The maximum Gasteiger partial charge on any atom is 0.573 e. The van der Waals surface area contributed by atoms with Crippen molar-refractivity contribution in [1.29, 1.82) is 5.26 Å². The van der Waals surface area contributed by atoms with Crippen LogP contribution in [0.2, 0.25) is 0 Å². The van der Waals surface area contributed by atoms with Gasteiger partial charge in [0.1, 0.15) is 15.3 Å². The van der Waals surface area contributed by atoms with E-state index in [2.05, 4.69) is 9.72 Å². The van der Waals surface area contributed by atoms with Crippen LogP contribution in [-0.4, -0.2) is 11.3 Å². The molecule has 0 aromatic carbocycles. The first-order valence-corrected chi connectivity index (χ1v) is 4.96.